The van der Waals surface area contributed by atoms with E-state index in [1.807, 2.05) is 19.0 Å². The summed E-state index contributed by atoms with van der Waals surface area (Å²) in [5.74, 6) is 0.686. The number of nitrogens with zero attached hydrogens (tertiary/aromatic N) is 3. The van der Waals surface area contributed by atoms with Crippen LogP contribution in [0, 0.1) is 10.1 Å². The van der Waals surface area contributed by atoms with Gasteiger partial charge in [-0.25, -0.2) is 4.98 Å². The van der Waals surface area contributed by atoms with Crippen LogP contribution in [0.15, 0.2) is 18.2 Å². The molecule has 15 heavy (non-hydrogen) atoms. The highest BCUT2D eigenvalue weighted by Gasteiger charge is 2.09. The van der Waals surface area contributed by atoms with Crippen LogP contribution in [0.1, 0.15) is 0 Å². The van der Waals surface area contributed by atoms with Gasteiger partial charge in [0.1, 0.15) is 0 Å². The number of imidazole rings is 1. The maximum absolute atomic E-state index is 10.5. The van der Waals surface area contributed by atoms with Crippen LogP contribution in [0.25, 0.3) is 11.0 Å². The second kappa shape index (κ2) is 3.23. The molecule has 0 bridgehead atoms. The second-order valence-corrected chi connectivity index (χ2v) is 3.41. The molecule has 6 heteroatoms. The SMILES string of the molecule is CN(C)c1nc2cc([N+](=O)[O-])ccc2[nH]1. The molecular weight excluding hydrogens is 196 g/mol. The molecule has 1 aromatic heterocycles. The van der Waals surface area contributed by atoms with Gasteiger partial charge in [-0.3, -0.25) is 10.1 Å². The molecule has 0 radical (unpaired) electrons. The van der Waals surface area contributed by atoms with Crippen molar-refractivity contribution in [1.82, 2.24) is 9.97 Å². The van der Waals surface area contributed by atoms with Crippen molar-refractivity contribution in [3.8, 4) is 0 Å². The minimum absolute atomic E-state index is 0.0549. The highest BCUT2D eigenvalue weighted by Crippen LogP contribution is 2.21. The monoisotopic (exact) mass is 206 g/mol. The van der Waals surface area contributed by atoms with Crippen molar-refractivity contribution in [2.24, 2.45) is 0 Å². The van der Waals surface area contributed by atoms with Gasteiger partial charge in [0.15, 0.2) is 0 Å². The summed E-state index contributed by atoms with van der Waals surface area (Å²) < 4.78 is 0. The molecule has 0 amide bonds. The number of H-pyrrole nitrogens is 1. The van der Waals surface area contributed by atoms with E-state index in [1.54, 1.807) is 6.07 Å². The van der Waals surface area contributed by atoms with Crippen LogP contribution in [0.5, 0.6) is 0 Å². The van der Waals surface area contributed by atoms with Crippen molar-refractivity contribution in [3.05, 3.63) is 28.3 Å². The number of nitro benzene ring substituents is 1. The molecule has 1 N–H and O–H groups in total. The van der Waals surface area contributed by atoms with Crippen LogP contribution < -0.4 is 4.90 Å². The first-order valence-electron chi connectivity index (χ1n) is 4.39. The lowest BCUT2D eigenvalue weighted by atomic mass is 10.3. The molecule has 0 atom stereocenters. The number of hydrogen-bond donors (Lipinski definition) is 1. The number of hydrogen-bond acceptors (Lipinski definition) is 4. The fraction of sp³-hybridized carbons (Fsp3) is 0.222. The summed E-state index contributed by atoms with van der Waals surface area (Å²) in [6.45, 7) is 0. The van der Waals surface area contributed by atoms with Gasteiger partial charge in [0, 0.05) is 26.2 Å². The average Bonchev–Trinajstić information content (AvgIpc) is 2.59. The van der Waals surface area contributed by atoms with Gasteiger partial charge in [0.05, 0.1) is 16.0 Å². The van der Waals surface area contributed by atoms with E-state index in [9.17, 15) is 10.1 Å². The van der Waals surface area contributed by atoms with Crippen molar-refractivity contribution in [3.63, 3.8) is 0 Å². The molecule has 6 nitrogen and oxygen atoms in total. The number of nitro groups is 1. The summed E-state index contributed by atoms with van der Waals surface area (Å²) >= 11 is 0. The molecule has 0 aliphatic heterocycles. The Morgan fingerprint density at radius 3 is 2.80 bits per heavy atom. The Morgan fingerprint density at radius 1 is 1.47 bits per heavy atom. The first-order valence-corrected chi connectivity index (χ1v) is 4.39. The van der Waals surface area contributed by atoms with Gasteiger partial charge in [-0.15, -0.1) is 0 Å². The normalized spacial score (nSPS) is 10.5. The number of rotatable bonds is 2. The molecule has 0 unspecified atom stereocenters. The number of aromatic nitrogens is 2. The van der Waals surface area contributed by atoms with E-state index in [-0.39, 0.29) is 5.69 Å². The van der Waals surface area contributed by atoms with Gasteiger partial charge < -0.3 is 9.88 Å². The van der Waals surface area contributed by atoms with Crippen molar-refractivity contribution in [1.29, 1.82) is 0 Å². The summed E-state index contributed by atoms with van der Waals surface area (Å²) in [7, 11) is 3.71. The molecule has 0 spiro atoms. The summed E-state index contributed by atoms with van der Waals surface area (Å²) in [4.78, 5) is 19.2. The maximum atomic E-state index is 10.5. The zero-order valence-corrected chi connectivity index (χ0v) is 8.39. The third-order valence-corrected chi connectivity index (χ3v) is 2.09. The van der Waals surface area contributed by atoms with E-state index in [1.165, 1.54) is 12.1 Å². The van der Waals surface area contributed by atoms with Gasteiger partial charge in [0.25, 0.3) is 5.69 Å². The number of benzene rings is 1. The molecular formula is C9H10N4O2. The summed E-state index contributed by atoms with van der Waals surface area (Å²) in [5, 5.41) is 10.5. The molecule has 1 aromatic carbocycles. The highest BCUT2D eigenvalue weighted by molar-refractivity contribution is 5.79. The molecule has 1 heterocycles. The Labute approximate surface area is 85.7 Å². The first-order chi connectivity index (χ1) is 7.08. The first kappa shape index (κ1) is 9.45. The fourth-order valence-electron chi connectivity index (χ4n) is 1.31. The van der Waals surface area contributed by atoms with E-state index >= 15 is 0 Å². The van der Waals surface area contributed by atoms with Crippen LogP contribution in [0.4, 0.5) is 11.6 Å². The van der Waals surface area contributed by atoms with Crippen LogP contribution in [0.3, 0.4) is 0 Å². The van der Waals surface area contributed by atoms with E-state index in [4.69, 9.17) is 0 Å². The van der Waals surface area contributed by atoms with Crippen molar-refractivity contribution in [2.45, 2.75) is 0 Å². The Hall–Kier alpha value is -2.11. The lowest BCUT2D eigenvalue weighted by molar-refractivity contribution is -0.384. The van der Waals surface area contributed by atoms with Crippen LogP contribution in [0.2, 0.25) is 0 Å². The zero-order valence-electron chi connectivity index (χ0n) is 8.39. The topological polar surface area (TPSA) is 75.1 Å². The molecule has 0 aliphatic carbocycles. The Kier molecular flexibility index (Phi) is 2.03. The molecule has 2 rings (SSSR count). The molecule has 0 fully saturated rings. The van der Waals surface area contributed by atoms with E-state index in [0.717, 1.165) is 5.52 Å². The van der Waals surface area contributed by atoms with Crippen molar-refractivity contribution >= 4 is 22.7 Å². The second-order valence-electron chi connectivity index (χ2n) is 3.41. The minimum atomic E-state index is -0.427. The molecule has 0 saturated heterocycles. The molecule has 0 aliphatic rings. The van der Waals surface area contributed by atoms with Gasteiger partial charge in [0.2, 0.25) is 5.95 Å². The van der Waals surface area contributed by atoms with Gasteiger partial charge in [-0.1, -0.05) is 0 Å². The number of non-ortho nitro benzene ring substituents is 1. The summed E-state index contributed by atoms with van der Waals surface area (Å²) in [5.41, 5.74) is 1.46. The smallest absolute Gasteiger partial charge is 0.271 e. The third-order valence-electron chi connectivity index (χ3n) is 2.09. The summed E-state index contributed by atoms with van der Waals surface area (Å²) in [6, 6.07) is 4.58. The number of fused-ring (bicyclic) bond motifs is 1. The van der Waals surface area contributed by atoms with Crippen LogP contribution >= 0.6 is 0 Å². The fourth-order valence-corrected chi connectivity index (χ4v) is 1.31. The summed E-state index contributed by atoms with van der Waals surface area (Å²) in [6.07, 6.45) is 0. The van der Waals surface area contributed by atoms with Crippen molar-refractivity contribution < 1.29 is 4.92 Å². The quantitative estimate of drug-likeness (QED) is 0.597. The lowest BCUT2D eigenvalue weighted by Gasteiger charge is -2.05. The number of aromatic amines is 1. The molecule has 78 valence electrons. The van der Waals surface area contributed by atoms with Gasteiger partial charge in [-0.05, 0) is 6.07 Å². The Bertz CT molecular complexity index is 518. The van der Waals surface area contributed by atoms with Crippen LogP contribution in [-0.4, -0.2) is 29.0 Å². The predicted octanol–water partition coefficient (Wildman–Crippen LogP) is 1.54. The molecule has 2 aromatic rings. The minimum Gasteiger partial charge on any atom is -0.349 e. The number of anilines is 1. The highest BCUT2D eigenvalue weighted by atomic mass is 16.6. The third kappa shape index (κ3) is 1.61. The number of nitrogens with one attached hydrogen (secondary N) is 1. The molecule has 0 saturated carbocycles. The van der Waals surface area contributed by atoms with Gasteiger partial charge in [-0.2, -0.15) is 0 Å². The van der Waals surface area contributed by atoms with E-state index in [2.05, 4.69) is 9.97 Å². The average molecular weight is 206 g/mol. The zero-order chi connectivity index (χ0) is 11.0. The Balaban J connectivity index is 2.57. The Morgan fingerprint density at radius 2 is 2.20 bits per heavy atom. The lowest BCUT2D eigenvalue weighted by Crippen LogP contribution is -2.09. The van der Waals surface area contributed by atoms with Crippen LogP contribution in [-0.2, 0) is 0 Å². The van der Waals surface area contributed by atoms with Crippen molar-refractivity contribution in [2.75, 3.05) is 19.0 Å². The van der Waals surface area contributed by atoms with E-state index in [0.29, 0.717) is 11.5 Å². The maximum Gasteiger partial charge on any atom is 0.271 e. The largest absolute Gasteiger partial charge is 0.349 e. The predicted molar refractivity (Wildman–Crippen MR) is 57.1 cm³/mol. The van der Waals surface area contributed by atoms with E-state index < -0.39 is 4.92 Å². The standard InChI is InChI=1S/C9H10N4O2/c1-12(2)9-10-7-4-3-6(13(14)15)5-8(7)11-9/h3-5H,1-2H3,(H,10,11). The van der Waals surface area contributed by atoms with Gasteiger partial charge >= 0.3 is 0 Å².